The molecule has 0 bridgehead atoms. The number of aromatic nitrogens is 4. The molecule has 0 radical (unpaired) electrons. The van der Waals surface area contributed by atoms with Gasteiger partial charge in [0.15, 0.2) is 0 Å². The molecule has 1 aliphatic rings. The molecule has 0 aliphatic carbocycles. The van der Waals surface area contributed by atoms with Gasteiger partial charge in [0.25, 0.3) is 5.91 Å². The van der Waals surface area contributed by atoms with E-state index in [0.29, 0.717) is 23.0 Å². The zero-order chi connectivity index (χ0) is 26.5. The lowest BCUT2D eigenvalue weighted by atomic mass is 10.1. The van der Waals surface area contributed by atoms with Crippen LogP contribution in [0.1, 0.15) is 15.9 Å². The van der Waals surface area contributed by atoms with Gasteiger partial charge in [-0.05, 0) is 36.4 Å². The summed E-state index contributed by atoms with van der Waals surface area (Å²) < 4.78 is 39.5. The lowest BCUT2D eigenvalue weighted by Gasteiger charge is -2.28. The smallest absolute Gasteiger partial charge is 0.354 e. The van der Waals surface area contributed by atoms with Crippen molar-refractivity contribution >= 4 is 29.0 Å². The fourth-order valence-corrected chi connectivity index (χ4v) is 3.99. The first-order chi connectivity index (χ1) is 18.3. The van der Waals surface area contributed by atoms with Crippen molar-refractivity contribution in [2.45, 2.75) is 6.18 Å². The van der Waals surface area contributed by atoms with Gasteiger partial charge >= 0.3 is 6.18 Å². The van der Waals surface area contributed by atoms with Gasteiger partial charge in [-0.2, -0.15) is 13.2 Å². The van der Waals surface area contributed by atoms with Crippen LogP contribution in [0, 0.1) is 0 Å². The number of hydrogen-bond donors (Lipinski definition) is 3. The summed E-state index contributed by atoms with van der Waals surface area (Å²) in [7, 11) is 0. The average molecular weight is 521 g/mol. The zero-order valence-electron chi connectivity index (χ0n) is 20.0. The molecule has 194 valence electrons. The van der Waals surface area contributed by atoms with Crippen LogP contribution in [0.15, 0.2) is 73.3 Å². The van der Waals surface area contributed by atoms with Gasteiger partial charge in [0.2, 0.25) is 0 Å². The SMILES string of the molecule is O=C(Nc1cc(Nc2cnccn2)nc(-c2ccnc(N3CCNCC3)c2)c1)c1cccc(C(F)(F)F)c1. The maximum atomic E-state index is 13.2. The summed E-state index contributed by atoms with van der Waals surface area (Å²) in [5.41, 5.74) is 0.599. The molecule has 0 atom stereocenters. The van der Waals surface area contributed by atoms with E-state index in [0.717, 1.165) is 49.7 Å². The fourth-order valence-electron chi connectivity index (χ4n) is 3.99. The third-order valence-electron chi connectivity index (χ3n) is 5.84. The number of piperazine rings is 1. The number of pyridine rings is 2. The molecule has 1 amide bonds. The van der Waals surface area contributed by atoms with E-state index in [1.54, 1.807) is 24.4 Å². The Morgan fingerprint density at radius 1 is 0.947 bits per heavy atom. The molecule has 4 aromatic rings. The van der Waals surface area contributed by atoms with Crippen LogP contribution in [0.4, 0.5) is 36.3 Å². The zero-order valence-corrected chi connectivity index (χ0v) is 20.0. The Morgan fingerprint density at radius 3 is 2.55 bits per heavy atom. The van der Waals surface area contributed by atoms with Crippen molar-refractivity contribution < 1.29 is 18.0 Å². The number of hydrogen-bond acceptors (Lipinski definition) is 8. The van der Waals surface area contributed by atoms with E-state index in [1.165, 1.54) is 30.7 Å². The lowest BCUT2D eigenvalue weighted by Crippen LogP contribution is -2.43. The third-order valence-corrected chi connectivity index (χ3v) is 5.84. The number of carbonyl (C=O) groups excluding carboxylic acids is 1. The van der Waals surface area contributed by atoms with Crippen LogP contribution in [-0.2, 0) is 6.18 Å². The molecular weight excluding hydrogens is 497 g/mol. The predicted molar refractivity (Wildman–Crippen MR) is 137 cm³/mol. The van der Waals surface area contributed by atoms with E-state index in [1.807, 2.05) is 6.07 Å². The highest BCUT2D eigenvalue weighted by Gasteiger charge is 2.31. The van der Waals surface area contributed by atoms with Gasteiger partial charge in [0, 0.05) is 67.7 Å². The van der Waals surface area contributed by atoms with E-state index in [4.69, 9.17) is 0 Å². The molecule has 1 aromatic carbocycles. The number of amides is 1. The van der Waals surface area contributed by atoms with E-state index in [2.05, 4.69) is 40.8 Å². The quantitative estimate of drug-likeness (QED) is 0.344. The Hall–Kier alpha value is -4.58. The van der Waals surface area contributed by atoms with Crippen LogP contribution in [0.2, 0.25) is 0 Å². The van der Waals surface area contributed by atoms with Crippen molar-refractivity contribution in [1.29, 1.82) is 0 Å². The first kappa shape index (κ1) is 25.1. The second-order valence-electron chi connectivity index (χ2n) is 8.51. The number of benzene rings is 1. The monoisotopic (exact) mass is 520 g/mol. The number of anilines is 4. The standard InChI is InChI=1S/C26H23F3N8O/c27-26(28,29)19-3-1-2-18(12-19)25(38)34-20-14-21(35-22(15-20)36-23-16-31-6-7-32-23)17-4-5-33-24(13-17)37-10-8-30-9-11-37/h1-7,12-16,30H,8-11H2,(H2,32,34,35,36,38). The van der Waals surface area contributed by atoms with Crippen molar-refractivity contribution in [3.05, 3.63) is 84.4 Å². The average Bonchev–Trinajstić information content (AvgIpc) is 2.94. The minimum atomic E-state index is -4.56. The normalized spacial score (nSPS) is 13.7. The molecule has 0 saturated carbocycles. The molecule has 5 rings (SSSR count). The molecule has 3 N–H and O–H groups in total. The molecule has 3 aromatic heterocycles. The summed E-state index contributed by atoms with van der Waals surface area (Å²) in [5, 5.41) is 9.06. The van der Waals surface area contributed by atoms with Crippen LogP contribution >= 0.6 is 0 Å². The summed E-state index contributed by atoms with van der Waals surface area (Å²) in [4.78, 5) is 32.5. The molecule has 4 heterocycles. The predicted octanol–water partition coefficient (Wildman–Crippen LogP) is 4.36. The van der Waals surface area contributed by atoms with Crippen LogP contribution in [0.5, 0.6) is 0 Å². The molecule has 1 fully saturated rings. The largest absolute Gasteiger partial charge is 0.416 e. The summed E-state index contributed by atoms with van der Waals surface area (Å²) in [6, 6.07) is 11.2. The van der Waals surface area contributed by atoms with E-state index in [9.17, 15) is 18.0 Å². The highest BCUT2D eigenvalue weighted by molar-refractivity contribution is 6.04. The number of halogens is 3. The molecule has 0 spiro atoms. The molecule has 1 saturated heterocycles. The minimum Gasteiger partial charge on any atom is -0.354 e. The number of nitrogens with one attached hydrogen (secondary N) is 3. The van der Waals surface area contributed by atoms with Gasteiger partial charge in [0.1, 0.15) is 17.5 Å². The Bertz CT molecular complexity index is 1430. The molecule has 9 nitrogen and oxygen atoms in total. The molecular formula is C26H23F3N8O. The maximum Gasteiger partial charge on any atom is 0.416 e. The minimum absolute atomic E-state index is 0.119. The highest BCUT2D eigenvalue weighted by atomic mass is 19.4. The van der Waals surface area contributed by atoms with Gasteiger partial charge < -0.3 is 20.9 Å². The van der Waals surface area contributed by atoms with Crippen molar-refractivity contribution in [1.82, 2.24) is 25.3 Å². The number of rotatable bonds is 6. The van der Waals surface area contributed by atoms with Gasteiger partial charge in [0.05, 0.1) is 17.5 Å². The second kappa shape index (κ2) is 10.8. The van der Waals surface area contributed by atoms with Gasteiger partial charge in [-0.1, -0.05) is 6.07 Å². The van der Waals surface area contributed by atoms with Crippen LogP contribution in [-0.4, -0.2) is 52.0 Å². The van der Waals surface area contributed by atoms with E-state index < -0.39 is 17.6 Å². The second-order valence-corrected chi connectivity index (χ2v) is 8.51. The Labute approximate surface area is 216 Å². The Balaban J connectivity index is 1.48. The van der Waals surface area contributed by atoms with Crippen LogP contribution in [0.3, 0.4) is 0 Å². The van der Waals surface area contributed by atoms with Crippen molar-refractivity contribution in [2.75, 3.05) is 41.7 Å². The van der Waals surface area contributed by atoms with Gasteiger partial charge in [-0.3, -0.25) is 9.78 Å². The summed E-state index contributed by atoms with van der Waals surface area (Å²) in [5.74, 6) is 0.911. The molecule has 0 unspecified atom stereocenters. The Kier molecular flexibility index (Phi) is 7.13. The molecule has 12 heteroatoms. The van der Waals surface area contributed by atoms with E-state index >= 15 is 0 Å². The molecule has 38 heavy (non-hydrogen) atoms. The van der Waals surface area contributed by atoms with Gasteiger partial charge in [-0.25, -0.2) is 15.0 Å². The van der Waals surface area contributed by atoms with Crippen LogP contribution in [0.25, 0.3) is 11.3 Å². The van der Waals surface area contributed by atoms with Crippen molar-refractivity contribution in [2.24, 2.45) is 0 Å². The van der Waals surface area contributed by atoms with Crippen LogP contribution < -0.4 is 20.9 Å². The fraction of sp³-hybridized carbons (Fsp3) is 0.192. The molecule has 1 aliphatic heterocycles. The first-order valence-corrected chi connectivity index (χ1v) is 11.8. The van der Waals surface area contributed by atoms with Crippen molar-refractivity contribution in [3.8, 4) is 11.3 Å². The third kappa shape index (κ3) is 6.03. The van der Waals surface area contributed by atoms with Crippen molar-refractivity contribution in [3.63, 3.8) is 0 Å². The van der Waals surface area contributed by atoms with E-state index in [-0.39, 0.29) is 5.56 Å². The lowest BCUT2D eigenvalue weighted by molar-refractivity contribution is -0.137. The maximum absolute atomic E-state index is 13.2. The summed E-state index contributed by atoms with van der Waals surface area (Å²) >= 11 is 0. The summed E-state index contributed by atoms with van der Waals surface area (Å²) in [6.45, 7) is 3.34. The summed E-state index contributed by atoms with van der Waals surface area (Å²) in [6.07, 6.45) is 1.70. The number of nitrogens with zero attached hydrogens (tertiary/aromatic N) is 5. The topological polar surface area (TPSA) is 108 Å². The first-order valence-electron chi connectivity index (χ1n) is 11.8. The number of carbonyl (C=O) groups is 1. The number of alkyl halides is 3. The Morgan fingerprint density at radius 2 is 1.79 bits per heavy atom. The highest BCUT2D eigenvalue weighted by Crippen LogP contribution is 2.31. The van der Waals surface area contributed by atoms with Gasteiger partial charge in [-0.15, -0.1) is 0 Å².